The maximum absolute atomic E-state index is 5.34. The molecule has 0 aliphatic heterocycles. The topological polar surface area (TPSA) is 51.6 Å². The van der Waals surface area contributed by atoms with Gasteiger partial charge in [-0.1, -0.05) is 158 Å². The van der Waals surface area contributed by atoms with Gasteiger partial charge in [-0.15, -0.1) is 0 Å². The Hall–Kier alpha value is -7.04. The molecule has 4 nitrogen and oxygen atoms in total. The van der Waals surface area contributed by atoms with E-state index in [4.69, 9.17) is 19.9 Å². The van der Waals surface area contributed by atoms with E-state index in [2.05, 4.69) is 121 Å². The lowest BCUT2D eigenvalue weighted by molar-refractivity contribution is 1.07. The molecule has 2 aromatic heterocycles. The summed E-state index contributed by atoms with van der Waals surface area (Å²) in [6.07, 6.45) is 0. The molecule has 4 heteroatoms. The van der Waals surface area contributed by atoms with E-state index in [0.29, 0.717) is 17.5 Å². The second kappa shape index (κ2) is 12.4. The fourth-order valence-corrected chi connectivity index (χ4v) is 7.37. The highest BCUT2D eigenvalue weighted by molar-refractivity contribution is 6.25. The molecule has 0 N–H and O–H groups in total. The summed E-state index contributed by atoms with van der Waals surface area (Å²) in [5, 5.41) is 8.25. The normalized spacial score (nSPS) is 11.5. The first-order chi connectivity index (χ1) is 25.8. The van der Waals surface area contributed by atoms with Crippen molar-refractivity contribution in [3.8, 4) is 56.5 Å². The van der Waals surface area contributed by atoms with E-state index in [1.807, 2.05) is 60.7 Å². The first kappa shape index (κ1) is 29.8. The Balaban J connectivity index is 1.21. The molecule has 8 aromatic carbocycles. The predicted octanol–water partition coefficient (Wildman–Crippen LogP) is 12.2. The van der Waals surface area contributed by atoms with Crippen molar-refractivity contribution in [1.82, 2.24) is 19.9 Å². The molecule has 0 spiro atoms. The zero-order valence-electron chi connectivity index (χ0n) is 28.1. The highest BCUT2D eigenvalue weighted by Crippen LogP contribution is 2.42. The molecule has 0 saturated carbocycles. The molecule has 0 atom stereocenters. The molecule has 0 aliphatic carbocycles. The Morgan fingerprint density at radius 2 is 0.846 bits per heavy atom. The van der Waals surface area contributed by atoms with Crippen LogP contribution in [-0.2, 0) is 0 Å². The largest absolute Gasteiger partial charge is 0.247 e. The standard InChI is InChI=1S/C48H30N4/c1-3-15-32(16-4-1)46-50-47(33-17-5-2-6-18-33)52-48(51-46)37-21-13-20-35(29-37)41-30-42-44(39-23-10-9-22-38(39)41)40-24-11-12-25-43(40)49-45(42)36-27-26-31-14-7-8-19-34(31)28-36/h1-30H. The minimum absolute atomic E-state index is 0.629. The minimum atomic E-state index is 0.629. The smallest absolute Gasteiger partial charge is 0.164 e. The maximum atomic E-state index is 5.34. The number of benzene rings is 8. The molecule has 0 bridgehead atoms. The Bertz CT molecular complexity index is 2900. The molecule has 10 rings (SSSR count). The van der Waals surface area contributed by atoms with Crippen LogP contribution in [0.3, 0.4) is 0 Å². The van der Waals surface area contributed by atoms with E-state index in [9.17, 15) is 0 Å². The van der Waals surface area contributed by atoms with Crippen molar-refractivity contribution >= 4 is 43.2 Å². The fourth-order valence-electron chi connectivity index (χ4n) is 7.37. The van der Waals surface area contributed by atoms with E-state index in [-0.39, 0.29) is 0 Å². The fraction of sp³-hybridized carbons (Fsp3) is 0. The SMILES string of the molecule is c1ccc(-c2nc(-c3ccccc3)nc(-c3cccc(-c4cc5c(-c6ccc7ccccc7c6)nc6ccccc6c5c5ccccc45)c3)n2)cc1. The van der Waals surface area contributed by atoms with Crippen LogP contribution in [0.1, 0.15) is 0 Å². The van der Waals surface area contributed by atoms with Gasteiger partial charge < -0.3 is 0 Å². The maximum Gasteiger partial charge on any atom is 0.164 e. The van der Waals surface area contributed by atoms with Crippen molar-refractivity contribution in [2.24, 2.45) is 0 Å². The van der Waals surface area contributed by atoms with Gasteiger partial charge in [-0.2, -0.15) is 0 Å². The second-order valence-corrected chi connectivity index (χ2v) is 13.1. The van der Waals surface area contributed by atoms with Crippen molar-refractivity contribution in [2.45, 2.75) is 0 Å². The number of rotatable bonds is 5. The predicted molar refractivity (Wildman–Crippen MR) is 215 cm³/mol. The van der Waals surface area contributed by atoms with Gasteiger partial charge in [-0.3, -0.25) is 0 Å². The van der Waals surface area contributed by atoms with Crippen LogP contribution in [0.2, 0.25) is 0 Å². The molecule has 242 valence electrons. The van der Waals surface area contributed by atoms with Crippen molar-refractivity contribution in [1.29, 1.82) is 0 Å². The number of hydrogen-bond donors (Lipinski definition) is 0. The van der Waals surface area contributed by atoms with Gasteiger partial charge in [0, 0.05) is 38.4 Å². The highest BCUT2D eigenvalue weighted by Gasteiger charge is 2.18. The average Bonchev–Trinajstić information content (AvgIpc) is 3.23. The molecular weight excluding hydrogens is 633 g/mol. The number of para-hydroxylation sites is 1. The summed E-state index contributed by atoms with van der Waals surface area (Å²) in [6, 6.07) is 63.5. The van der Waals surface area contributed by atoms with Crippen LogP contribution >= 0.6 is 0 Å². The Morgan fingerprint density at radius 1 is 0.288 bits per heavy atom. The zero-order chi connectivity index (χ0) is 34.4. The lowest BCUT2D eigenvalue weighted by atomic mass is 9.89. The molecule has 0 fully saturated rings. The molecule has 0 radical (unpaired) electrons. The average molecular weight is 663 g/mol. The van der Waals surface area contributed by atoms with Crippen LogP contribution in [0.5, 0.6) is 0 Å². The van der Waals surface area contributed by atoms with E-state index in [1.54, 1.807) is 0 Å². The zero-order valence-corrected chi connectivity index (χ0v) is 28.1. The quantitative estimate of drug-likeness (QED) is 0.172. The lowest BCUT2D eigenvalue weighted by Crippen LogP contribution is -2.00. The number of fused-ring (bicyclic) bond motifs is 6. The lowest BCUT2D eigenvalue weighted by Gasteiger charge is -2.17. The van der Waals surface area contributed by atoms with Crippen LogP contribution in [0.4, 0.5) is 0 Å². The van der Waals surface area contributed by atoms with E-state index in [0.717, 1.165) is 55.4 Å². The third-order valence-electron chi connectivity index (χ3n) is 9.86. The van der Waals surface area contributed by atoms with Gasteiger partial charge >= 0.3 is 0 Å². The van der Waals surface area contributed by atoms with Crippen LogP contribution < -0.4 is 0 Å². The summed E-state index contributed by atoms with van der Waals surface area (Å²) >= 11 is 0. The van der Waals surface area contributed by atoms with Crippen LogP contribution in [0.25, 0.3) is 99.8 Å². The highest BCUT2D eigenvalue weighted by atomic mass is 15.0. The van der Waals surface area contributed by atoms with Gasteiger partial charge in [-0.25, -0.2) is 19.9 Å². The number of nitrogens with zero attached hydrogens (tertiary/aromatic N) is 4. The van der Waals surface area contributed by atoms with Crippen LogP contribution in [-0.4, -0.2) is 19.9 Å². The monoisotopic (exact) mass is 662 g/mol. The Kier molecular flexibility index (Phi) is 7.10. The van der Waals surface area contributed by atoms with E-state index < -0.39 is 0 Å². The van der Waals surface area contributed by atoms with Crippen molar-refractivity contribution < 1.29 is 0 Å². The van der Waals surface area contributed by atoms with Gasteiger partial charge in [0.1, 0.15) is 0 Å². The molecule has 0 saturated heterocycles. The summed E-state index contributed by atoms with van der Waals surface area (Å²) in [6.45, 7) is 0. The number of pyridine rings is 1. The summed E-state index contributed by atoms with van der Waals surface area (Å²) in [4.78, 5) is 20.3. The van der Waals surface area contributed by atoms with Gasteiger partial charge in [0.2, 0.25) is 0 Å². The summed E-state index contributed by atoms with van der Waals surface area (Å²) in [5.41, 5.74) is 8.07. The third-order valence-corrected chi connectivity index (χ3v) is 9.86. The Labute approximate surface area is 300 Å². The third kappa shape index (κ3) is 5.17. The van der Waals surface area contributed by atoms with Gasteiger partial charge in [0.05, 0.1) is 11.2 Å². The van der Waals surface area contributed by atoms with Crippen LogP contribution in [0, 0.1) is 0 Å². The summed E-state index contributed by atoms with van der Waals surface area (Å²) in [7, 11) is 0. The summed E-state index contributed by atoms with van der Waals surface area (Å²) in [5.74, 6) is 1.91. The van der Waals surface area contributed by atoms with Gasteiger partial charge in [-0.05, 0) is 56.9 Å². The molecule has 0 amide bonds. The molecule has 0 aliphatic rings. The van der Waals surface area contributed by atoms with Crippen LogP contribution in [0.15, 0.2) is 182 Å². The minimum Gasteiger partial charge on any atom is -0.247 e. The molecule has 2 heterocycles. The first-order valence-corrected chi connectivity index (χ1v) is 17.5. The van der Waals surface area contributed by atoms with Gasteiger partial charge in [0.25, 0.3) is 0 Å². The molecule has 0 unspecified atom stereocenters. The number of aromatic nitrogens is 4. The molecule has 10 aromatic rings. The summed E-state index contributed by atoms with van der Waals surface area (Å²) < 4.78 is 0. The molecule has 52 heavy (non-hydrogen) atoms. The second-order valence-electron chi connectivity index (χ2n) is 13.1. The van der Waals surface area contributed by atoms with Crippen molar-refractivity contribution in [2.75, 3.05) is 0 Å². The first-order valence-electron chi connectivity index (χ1n) is 17.5. The van der Waals surface area contributed by atoms with Crippen molar-refractivity contribution in [3.05, 3.63) is 182 Å². The van der Waals surface area contributed by atoms with Gasteiger partial charge in [0.15, 0.2) is 17.5 Å². The number of hydrogen-bond acceptors (Lipinski definition) is 4. The van der Waals surface area contributed by atoms with Crippen molar-refractivity contribution in [3.63, 3.8) is 0 Å². The van der Waals surface area contributed by atoms with E-state index in [1.165, 1.54) is 26.9 Å². The Morgan fingerprint density at radius 3 is 1.58 bits per heavy atom. The molecular formula is C48H30N4. The van der Waals surface area contributed by atoms with E-state index >= 15 is 0 Å².